The van der Waals surface area contributed by atoms with Crippen LogP contribution < -0.4 is 4.74 Å². The quantitative estimate of drug-likeness (QED) is 0.711. The Hall–Kier alpha value is -2.66. The van der Waals surface area contributed by atoms with E-state index in [1.54, 1.807) is 7.11 Å². The number of likely N-dealkylation sites (tertiary alicyclic amines) is 1. The van der Waals surface area contributed by atoms with Crippen molar-refractivity contribution in [1.29, 1.82) is 0 Å². The third-order valence-corrected chi connectivity index (χ3v) is 4.64. The van der Waals surface area contributed by atoms with E-state index < -0.39 is 0 Å². The van der Waals surface area contributed by atoms with E-state index in [1.807, 2.05) is 24.3 Å². The van der Waals surface area contributed by atoms with Crippen molar-refractivity contribution in [3.63, 3.8) is 0 Å². The molecule has 0 aliphatic carbocycles. The SMILES string of the molecule is COc1cccc(-c2noc([C@@H]3CCN(Cc4ccccc4)C3)n2)c1. The van der Waals surface area contributed by atoms with Gasteiger partial charge in [0.2, 0.25) is 11.7 Å². The van der Waals surface area contributed by atoms with Gasteiger partial charge in [-0.2, -0.15) is 4.98 Å². The average Bonchev–Trinajstić information content (AvgIpc) is 3.32. The zero-order valence-corrected chi connectivity index (χ0v) is 14.3. The first-order chi connectivity index (χ1) is 12.3. The van der Waals surface area contributed by atoms with Crippen LogP contribution in [0.3, 0.4) is 0 Å². The highest BCUT2D eigenvalue weighted by Gasteiger charge is 2.28. The van der Waals surface area contributed by atoms with E-state index in [0.717, 1.165) is 43.3 Å². The van der Waals surface area contributed by atoms with E-state index in [1.165, 1.54) is 5.56 Å². The third-order valence-electron chi connectivity index (χ3n) is 4.64. The summed E-state index contributed by atoms with van der Waals surface area (Å²) >= 11 is 0. The molecule has 1 atom stereocenters. The molecule has 128 valence electrons. The van der Waals surface area contributed by atoms with Crippen molar-refractivity contribution in [2.75, 3.05) is 20.2 Å². The zero-order valence-electron chi connectivity index (χ0n) is 14.3. The van der Waals surface area contributed by atoms with Gasteiger partial charge in [0.15, 0.2) is 0 Å². The third kappa shape index (κ3) is 3.56. The van der Waals surface area contributed by atoms with Crippen molar-refractivity contribution < 1.29 is 9.26 Å². The maximum Gasteiger partial charge on any atom is 0.231 e. The maximum absolute atomic E-state index is 5.55. The van der Waals surface area contributed by atoms with E-state index in [4.69, 9.17) is 9.26 Å². The van der Waals surface area contributed by atoms with Gasteiger partial charge in [-0.1, -0.05) is 47.6 Å². The van der Waals surface area contributed by atoms with Gasteiger partial charge in [0.05, 0.1) is 13.0 Å². The van der Waals surface area contributed by atoms with Crippen molar-refractivity contribution >= 4 is 0 Å². The summed E-state index contributed by atoms with van der Waals surface area (Å²) in [6.07, 6.45) is 1.05. The number of benzene rings is 2. The van der Waals surface area contributed by atoms with E-state index in [-0.39, 0.29) is 0 Å². The molecule has 1 aliphatic rings. The van der Waals surface area contributed by atoms with Gasteiger partial charge >= 0.3 is 0 Å². The summed E-state index contributed by atoms with van der Waals surface area (Å²) in [6.45, 7) is 2.97. The molecule has 25 heavy (non-hydrogen) atoms. The van der Waals surface area contributed by atoms with Crippen LogP contribution in [0.25, 0.3) is 11.4 Å². The normalized spacial score (nSPS) is 17.7. The molecule has 0 radical (unpaired) electrons. The molecule has 4 rings (SSSR count). The summed E-state index contributed by atoms with van der Waals surface area (Å²) in [5, 5.41) is 4.16. The van der Waals surface area contributed by atoms with Crippen LogP contribution in [-0.4, -0.2) is 35.2 Å². The van der Waals surface area contributed by atoms with Crippen molar-refractivity contribution in [3.8, 4) is 17.1 Å². The van der Waals surface area contributed by atoms with Crippen molar-refractivity contribution in [3.05, 3.63) is 66.1 Å². The summed E-state index contributed by atoms with van der Waals surface area (Å²) in [5.41, 5.74) is 2.25. The fourth-order valence-corrected chi connectivity index (χ4v) is 3.30. The summed E-state index contributed by atoms with van der Waals surface area (Å²) in [6, 6.07) is 18.3. The summed E-state index contributed by atoms with van der Waals surface area (Å²) in [4.78, 5) is 7.06. The fraction of sp³-hybridized carbons (Fsp3) is 0.300. The van der Waals surface area contributed by atoms with Gasteiger partial charge in [0, 0.05) is 18.7 Å². The van der Waals surface area contributed by atoms with Crippen molar-refractivity contribution in [1.82, 2.24) is 15.0 Å². The molecule has 5 nitrogen and oxygen atoms in total. The van der Waals surface area contributed by atoms with Crippen LogP contribution in [0, 0.1) is 0 Å². The number of hydrogen-bond donors (Lipinski definition) is 0. The van der Waals surface area contributed by atoms with Crippen molar-refractivity contribution in [2.24, 2.45) is 0 Å². The lowest BCUT2D eigenvalue weighted by atomic mass is 10.1. The highest BCUT2D eigenvalue weighted by molar-refractivity contribution is 5.56. The molecule has 1 saturated heterocycles. The predicted octanol–water partition coefficient (Wildman–Crippen LogP) is 3.73. The molecule has 0 amide bonds. The molecule has 0 unspecified atom stereocenters. The highest BCUT2D eigenvalue weighted by Crippen LogP contribution is 2.29. The number of rotatable bonds is 5. The molecular weight excluding hydrogens is 314 g/mol. The van der Waals surface area contributed by atoms with Crippen LogP contribution in [-0.2, 0) is 6.54 Å². The van der Waals surface area contributed by atoms with Crippen LogP contribution in [0.5, 0.6) is 5.75 Å². The molecular formula is C20H21N3O2. The van der Waals surface area contributed by atoms with Gasteiger partial charge in [-0.3, -0.25) is 4.90 Å². The van der Waals surface area contributed by atoms with E-state index in [0.29, 0.717) is 11.7 Å². The number of methoxy groups -OCH3 is 1. The topological polar surface area (TPSA) is 51.4 Å². The largest absolute Gasteiger partial charge is 0.497 e. The minimum atomic E-state index is 0.301. The zero-order chi connectivity index (χ0) is 17.1. The molecule has 2 aromatic carbocycles. The molecule has 0 bridgehead atoms. The van der Waals surface area contributed by atoms with Crippen LogP contribution >= 0.6 is 0 Å². The summed E-state index contributed by atoms with van der Waals surface area (Å²) in [7, 11) is 1.65. The Morgan fingerprint density at radius 3 is 2.88 bits per heavy atom. The molecule has 5 heteroatoms. The number of nitrogens with zero attached hydrogens (tertiary/aromatic N) is 3. The maximum atomic E-state index is 5.55. The van der Waals surface area contributed by atoms with Crippen LogP contribution in [0.2, 0.25) is 0 Å². The monoisotopic (exact) mass is 335 g/mol. The Balaban J connectivity index is 1.44. The predicted molar refractivity (Wildman–Crippen MR) is 95.4 cm³/mol. The van der Waals surface area contributed by atoms with E-state index in [2.05, 4.69) is 45.4 Å². The van der Waals surface area contributed by atoms with Gasteiger partial charge in [-0.25, -0.2) is 0 Å². The van der Waals surface area contributed by atoms with Gasteiger partial charge in [0.25, 0.3) is 0 Å². The second-order valence-electron chi connectivity index (χ2n) is 6.39. The Labute approximate surface area is 147 Å². The Morgan fingerprint density at radius 1 is 1.16 bits per heavy atom. The van der Waals surface area contributed by atoms with Crippen LogP contribution in [0.15, 0.2) is 59.1 Å². The van der Waals surface area contributed by atoms with Gasteiger partial charge in [0.1, 0.15) is 5.75 Å². The Kier molecular flexibility index (Phi) is 4.48. The molecule has 1 aromatic heterocycles. The molecule has 2 heterocycles. The molecule has 0 N–H and O–H groups in total. The number of ether oxygens (including phenoxy) is 1. The highest BCUT2D eigenvalue weighted by atomic mass is 16.5. The second kappa shape index (κ2) is 7.07. The van der Waals surface area contributed by atoms with Gasteiger partial charge in [-0.15, -0.1) is 0 Å². The van der Waals surface area contributed by atoms with Crippen molar-refractivity contribution in [2.45, 2.75) is 18.9 Å². The standard InChI is InChI=1S/C20H21N3O2/c1-24-18-9-5-8-16(12-18)19-21-20(25-22-19)17-10-11-23(14-17)13-15-6-3-2-4-7-15/h2-9,12,17H,10-11,13-14H2,1H3/t17-/m1/s1. The van der Waals surface area contributed by atoms with Crippen LogP contribution in [0.4, 0.5) is 0 Å². The average molecular weight is 335 g/mol. The molecule has 0 saturated carbocycles. The Bertz CT molecular complexity index is 832. The molecule has 3 aromatic rings. The first-order valence-electron chi connectivity index (χ1n) is 8.56. The van der Waals surface area contributed by atoms with Gasteiger partial charge in [-0.05, 0) is 30.7 Å². The first kappa shape index (κ1) is 15.8. The lowest BCUT2D eigenvalue weighted by Crippen LogP contribution is -2.19. The number of aromatic nitrogens is 2. The van der Waals surface area contributed by atoms with E-state index in [9.17, 15) is 0 Å². The smallest absolute Gasteiger partial charge is 0.231 e. The minimum Gasteiger partial charge on any atom is -0.497 e. The van der Waals surface area contributed by atoms with E-state index >= 15 is 0 Å². The summed E-state index contributed by atoms with van der Waals surface area (Å²) in [5.74, 6) is 2.44. The Morgan fingerprint density at radius 2 is 2.04 bits per heavy atom. The lowest BCUT2D eigenvalue weighted by molar-refractivity contribution is 0.309. The summed E-state index contributed by atoms with van der Waals surface area (Å²) < 4.78 is 10.8. The van der Waals surface area contributed by atoms with Crippen LogP contribution in [0.1, 0.15) is 23.8 Å². The molecule has 1 fully saturated rings. The fourth-order valence-electron chi connectivity index (χ4n) is 3.30. The minimum absolute atomic E-state index is 0.301. The first-order valence-corrected chi connectivity index (χ1v) is 8.56. The van der Waals surface area contributed by atoms with Gasteiger partial charge < -0.3 is 9.26 Å². The molecule has 1 aliphatic heterocycles. The second-order valence-corrected chi connectivity index (χ2v) is 6.39. The molecule has 0 spiro atoms. The number of hydrogen-bond acceptors (Lipinski definition) is 5. The lowest BCUT2D eigenvalue weighted by Gasteiger charge is -2.14.